The van der Waals surface area contributed by atoms with Crippen molar-refractivity contribution in [1.29, 1.82) is 0 Å². The molecule has 1 N–H and O–H groups in total. The van der Waals surface area contributed by atoms with Gasteiger partial charge in [-0.05, 0) is 60.9 Å². The molecule has 0 unspecified atom stereocenters. The molecule has 3 aromatic rings. The van der Waals surface area contributed by atoms with Gasteiger partial charge < -0.3 is 24.4 Å². The van der Waals surface area contributed by atoms with E-state index in [1.807, 2.05) is 38.1 Å². The van der Waals surface area contributed by atoms with Gasteiger partial charge in [-0.25, -0.2) is 8.42 Å². The maximum Gasteiger partial charge on any atom is 0.265 e. The Morgan fingerprint density at radius 2 is 1.50 bits per heavy atom. The molecule has 0 aliphatic rings. The minimum absolute atomic E-state index is 0.0450. The molecule has 0 radical (unpaired) electrons. The smallest absolute Gasteiger partial charge is 0.265 e. The number of rotatable bonds is 14. The Morgan fingerprint density at radius 3 is 2.09 bits per heavy atom. The fourth-order valence-corrected chi connectivity index (χ4v) is 6.16. The van der Waals surface area contributed by atoms with E-state index in [0.29, 0.717) is 12.3 Å². The highest BCUT2D eigenvalue weighted by Crippen LogP contribution is 2.37. The van der Waals surface area contributed by atoms with Gasteiger partial charge in [0.15, 0.2) is 11.5 Å². The summed E-state index contributed by atoms with van der Waals surface area (Å²) in [7, 11) is -0.218. The van der Waals surface area contributed by atoms with Crippen molar-refractivity contribution >= 4 is 55.1 Å². The van der Waals surface area contributed by atoms with Crippen molar-refractivity contribution in [3.8, 4) is 17.2 Å². The number of nitrogens with one attached hydrogen (secondary N) is 1. The number of amides is 2. The second-order valence-electron chi connectivity index (χ2n) is 10.3. The molecule has 0 saturated carbocycles. The van der Waals surface area contributed by atoms with Gasteiger partial charge in [0.05, 0.1) is 31.9 Å². The number of carbonyl (C=O) groups is 2. The van der Waals surface area contributed by atoms with Gasteiger partial charge in [-0.3, -0.25) is 13.9 Å². The number of carbonyl (C=O) groups excluding carboxylic acids is 2. The third kappa shape index (κ3) is 8.58. The van der Waals surface area contributed by atoms with Crippen molar-refractivity contribution < 1.29 is 32.2 Å². The average molecular weight is 711 g/mol. The van der Waals surface area contributed by atoms with Crippen molar-refractivity contribution in [2.24, 2.45) is 5.92 Å². The van der Waals surface area contributed by atoms with Crippen LogP contribution in [-0.2, 0) is 26.2 Å². The van der Waals surface area contributed by atoms with Crippen molar-refractivity contribution in [2.45, 2.75) is 38.3 Å². The zero-order chi connectivity index (χ0) is 32.6. The van der Waals surface area contributed by atoms with E-state index in [4.69, 9.17) is 25.8 Å². The normalized spacial score (nSPS) is 11.9. The molecule has 0 fully saturated rings. The van der Waals surface area contributed by atoms with Crippen LogP contribution in [0, 0.1) is 5.92 Å². The topological polar surface area (TPSA) is 114 Å². The summed E-state index contributed by atoms with van der Waals surface area (Å²) >= 11 is 9.72. The summed E-state index contributed by atoms with van der Waals surface area (Å²) < 4.78 is 46.4. The molecule has 1 atom stereocenters. The molecule has 238 valence electrons. The highest BCUT2D eigenvalue weighted by molar-refractivity contribution is 9.10. The van der Waals surface area contributed by atoms with Crippen molar-refractivity contribution in [3.05, 3.63) is 75.7 Å². The standard InChI is InChI=1S/C31H37BrClN3O7S/c1-20(2)17-34-31(38)21(3)35(18-22-7-9-23(32)10-8-22)30(37)19-36(26-15-24(33)11-13-27(26)41-4)44(39,40)25-12-14-28(42-5)29(16-25)43-6/h7-16,20-21H,17-19H2,1-6H3,(H,34,38)/t21-/m0/s1. The predicted octanol–water partition coefficient (Wildman–Crippen LogP) is 5.51. The summed E-state index contributed by atoms with van der Waals surface area (Å²) in [5.74, 6) is -0.0980. The van der Waals surface area contributed by atoms with Gasteiger partial charge in [0, 0.05) is 28.7 Å². The summed E-state index contributed by atoms with van der Waals surface area (Å²) in [5, 5.41) is 3.10. The lowest BCUT2D eigenvalue weighted by Gasteiger charge is -2.32. The van der Waals surface area contributed by atoms with Crippen LogP contribution in [0.3, 0.4) is 0 Å². The van der Waals surface area contributed by atoms with E-state index in [0.717, 1.165) is 14.3 Å². The van der Waals surface area contributed by atoms with Crippen molar-refractivity contribution in [2.75, 3.05) is 38.7 Å². The molecule has 44 heavy (non-hydrogen) atoms. The Balaban J connectivity index is 2.13. The molecular weight excluding hydrogens is 674 g/mol. The largest absolute Gasteiger partial charge is 0.495 e. The molecule has 13 heteroatoms. The highest BCUT2D eigenvalue weighted by atomic mass is 79.9. The van der Waals surface area contributed by atoms with E-state index in [9.17, 15) is 18.0 Å². The summed E-state index contributed by atoms with van der Waals surface area (Å²) in [6.45, 7) is 5.35. The quantitative estimate of drug-likeness (QED) is 0.235. The fraction of sp³-hybridized carbons (Fsp3) is 0.355. The molecule has 3 rings (SSSR count). The molecule has 0 spiro atoms. The van der Waals surface area contributed by atoms with Gasteiger partial charge in [-0.1, -0.05) is 53.5 Å². The van der Waals surface area contributed by atoms with E-state index in [2.05, 4.69) is 21.2 Å². The van der Waals surface area contributed by atoms with E-state index < -0.39 is 28.5 Å². The van der Waals surface area contributed by atoms with Crippen LogP contribution in [0.1, 0.15) is 26.3 Å². The van der Waals surface area contributed by atoms with Crippen LogP contribution in [0.25, 0.3) is 0 Å². The number of benzene rings is 3. The lowest BCUT2D eigenvalue weighted by Crippen LogP contribution is -2.51. The number of nitrogens with zero attached hydrogens (tertiary/aromatic N) is 2. The average Bonchev–Trinajstić information content (AvgIpc) is 3.01. The Hall–Kier alpha value is -3.48. The molecule has 0 saturated heterocycles. The SMILES string of the molecule is COc1ccc(S(=O)(=O)N(CC(=O)N(Cc2ccc(Br)cc2)[C@@H](C)C(=O)NCC(C)C)c2cc(Cl)ccc2OC)cc1OC. The van der Waals surface area contributed by atoms with Crippen LogP contribution in [0.15, 0.2) is 70.0 Å². The molecule has 0 bridgehead atoms. The molecule has 3 aromatic carbocycles. The van der Waals surface area contributed by atoms with E-state index in [-0.39, 0.29) is 45.5 Å². The maximum absolute atomic E-state index is 14.3. The second-order valence-corrected chi connectivity index (χ2v) is 13.5. The third-order valence-corrected chi connectivity index (χ3v) is 9.27. The zero-order valence-corrected chi connectivity index (χ0v) is 28.6. The Bertz CT molecular complexity index is 1570. The van der Waals surface area contributed by atoms with E-state index >= 15 is 0 Å². The van der Waals surface area contributed by atoms with Crippen LogP contribution in [0.5, 0.6) is 17.2 Å². The van der Waals surface area contributed by atoms with Crippen LogP contribution < -0.4 is 23.8 Å². The number of hydrogen-bond acceptors (Lipinski definition) is 7. The Labute approximate surface area is 272 Å². The van der Waals surface area contributed by atoms with Gasteiger partial charge in [0.2, 0.25) is 11.8 Å². The molecule has 0 heterocycles. The van der Waals surface area contributed by atoms with E-state index in [1.54, 1.807) is 13.0 Å². The molecule has 0 aliphatic carbocycles. The summed E-state index contributed by atoms with van der Waals surface area (Å²) in [4.78, 5) is 28.6. The third-order valence-electron chi connectivity index (χ3n) is 6.75. The van der Waals surface area contributed by atoms with Gasteiger partial charge in [0.25, 0.3) is 10.0 Å². The lowest BCUT2D eigenvalue weighted by atomic mass is 10.1. The predicted molar refractivity (Wildman–Crippen MR) is 174 cm³/mol. The summed E-state index contributed by atoms with van der Waals surface area (Å²) in [6, 6.07) is 15.0. The number of ether oxygens (including phenoxy) is 3. The first-order valence-corrected chi connectivity index (χ1v) is 16.3. The molecule has 2 amide bonds. The van der Waals surface area contributed by atoms with Gasteiger partial charge in [-0.15, -0.1) is 0 Å². The second kappa shape index (κ2) is 15.5. The van der Waals surface area contributed by atoms with Gasteiger partial charge >= 0.3 is 0 Å². The number of hydrogen-bond donors (Lipinski definition) is 1. The summed E-state index contributed by atoms with van der Waals surface area (Å²) in [6.07, 6.45) is 0. The zero-order valence-electron chi connectivity index (χ0n) is 25.5. The molecular formula is C31H37BrClN3O7S. The van der Waals surface area contributed by atoms with Gasteiger partial charge in [-0.2, -0.15) is 0 Å². The number of methoxy groups -OCH3 is 3. The van der Waals surface area contributed by atoms with Crippen LogP contribution in [-0.4, -0.2) is 65.6 Å². The monoisotopic (exact) mass is 709 g/mol. The first kappa shape index (κ1) is 35.0. The Morgan fingerprint density at radius 1 is 0.886 bits per heavy atom. The molecule has 0 aliphatic heterocycles. The molecule has 10 nitrogen and oxygen atoms in total. The maximum atomic E-state index is 14.3. The first-order chi connectivity index (χ1) is 20.8. The lowest BCUT2D eigenvalue weighted by molar-refractivity contribution is -0.139. The van der Waals surface area contributed by atoms with Crippen molar-refractivity contribution in [3.63, 3.8) is 0 Å². The van der Waals surface area contributed by atoms with Crippen LogP contribution in [0.4, 0.5) is 5.69 Å². The first-order valence-electron chi connectivity index (χ1n) is 13.7. The molecule has 0 aromatic heterocycles. The van der Waals surface area contributed by atoms with Crippen LogP contribution >= 0.6 is 27.5 Å². The number of sulfonamides is 1. The minimum atomic E-state index is -4.43. The van der Waals surface area contributed by atoms with Crippen LogP contribution in [0.2, 0.25) is 5.02 Å². The van der Waals surface area contributed by atoms with Gasteiger partial charge in [0.1, 0.15) is 18.3 Å². The number of halogens is 2. The minimum Gasteiger partial charge on any atom is -0.495 e. The van der Waals surface area contributed by atoms with Crippen molar-refractivity contribution in [1.82, 2.24) is 10.2 Å². The fourth-order valence-electron chi connectivity index (χ4n) is 4.30. The van der Waals surface area contributed by atoms with E-state index in [1.165, 1.54) is 56.6 Å². The summed E-state index contributed by atoms with van der Waals surface area (Å²) in [5.41, 5.74) is 0.795. The highest BCUT2D eigenvalue weighted by Gasteiger charge is 2.34. The number of anilines is 1. The Kier molecular flexibility index (Phi) is 12.3.